The van der Waals surface area contributed by atoms with Crippen molar-refractivity contribution in [3.63, 3.8) is 0 Å². The van der Waals surface area contributed by atoms with E-state index in [4.69, 9.17) is 4.74 Å². The molecule has 4 heteroatoms. The molecule has 0 spiro atoms. The number of aromatic hydroxyl groups is 1. The summed E-state index contributed by atoms with van der Waals surface area (Å²) in [6, 6.07) is 6.01. The maximum Gasteiger partial charge on any atom is 0.160 e. The Balaban J connectivity index is 1.91. The molecule has 1 saturated heterocycles. The lowest BCUT2D eigenvalue weighted by atomic mass is 10.0. The van der Waals surface area contributed by atoms with E-state index in [1.807, 2.05) is 6.07 Å². The molecule has 1 unspecified atom stereocenters. The van der Waals surface area contributed by atoms with Gasteiger partial charge in [0.1, 0.15) is 0 Å². The number of anilines is 1. The van der Waals surface area contributed by atoms with Gasteiger partial charge < -0.3 is 20.1 Å². The molecule has 4 nitrogen and oxygen atoms in total. The van der Waals surface area contributed by atoms with Gasteiger partial charge in [0.25, 0.3) is 0 Å². The summed E-state index contributed by atoms with van der Waals surface area (Å²) in [5.41, 5.74) is 0.937. The van der Waals surface area contributed by atoms with Gasteiger partial charge in [0.2, 0.25) is 0 Å². The van der Waals surface area contributed by atoms with Gasteiger partial charge in [-0.2, -0.15) is 0 Å². The molecule has 1 aromatic carbocycles. The molecule has 0 bridgehead atoms. The number of nitrogens with one attached hydrogen (secondary N) is 1. The van der Waals surface area contributed by atoms with Gasteiger partial charge >= 0.3 is 0 Å². The largest absolute Gasteiger partial charge is 0.504 e. The summed E-state index contributed by atoms with van der Waals surface area (Å²) in [7, 11) is 3.73. The Bertz CT molecular complexity index is 395. The Morgan fingerprint density at radius 1 is 1.44 bits per heavy atom. The van der Waals surface area contributed by atoms with Crippen LogP contribution in [0.1, 0.15) is 19.3 Å². The van der Waals surface area contributed by atoms with E-state index in [-0.39, 0.29) is 5.75 Å². The van der Waals surface area contributed by atoms with Crippen molar-refractivity contribution in [1.29, 1.82) is 0 Å². The van der Waals surface area contributed by atoms with Crippen molar-refractivity contribution < 1.29 is 9.84 Å². The molecular weight excluding hydrogens is 228 g/mol. The van der Waals surface area contributed by atoms with E-state index >= 15 is 0 Å². The Hall–Kier alpha value is -1.42. The molecule has 0 aromatic heterocycles. The zero-order valence-corrected chi connectivity index (χ0v) is 11.1. The first-order chi connectivity index (χ1) is 8.70. The highest BCUT2D eigenvalue weighted by Gasteiger charge is 2.18. The molecule has 1 aliphatic rings. The van der Waals surface area contributed by atoms with Crippen molar-refractivity contribution in [1.82, 2.24) is 4.90 Å². The number of piperidine rings is 1. The van der Waals surface area contributed by atoms with Crippen LogP contribution in [-0.2, 0) is 0 Å². The molecule has 1 heterocycles. The zero-order chi connectivity index (χ0) is 13.0. The van der Waals surface area contributed by atoms with E-state index < -0.39 is 0 Å². The lowest BCUT2D eigenvalue weighted by Gasteiger charge is -2.32. The number of nitrogens with zero attached hydrogens (tertiary/aromatic N) is 1. The average molecular weight is 250 g/mol. The summed E-state index contributed by atoms with van der Waals surface area (Å²) in [6.45, 7) is 2.10. The molecule has 1 fully saturated rings. The van der Waals surface area contributed by atoms with Crippen LogP contribution < -0.4 is 10.1 Å². The molecular formula is C14H22N2O2. The highest BCUT2D eigenvalue weighted by atomic mass is 16.5. The van der Waals surface area contributed by atoms with Crippen molar-refractivity contribution in [3.05, 3.63) is 18.2 Å². The molecule has 1 aromatic rings. The lowest BCUT2D eigenvalue weighted by molar-refractivity contribution is 0.194. The van der Waals surface area contributed by atoms with Crippen LogP contribution in [-0.4, -0.2) is 43.3 Å². The summed E-state index contributed by atoms with van der Waals surface area (Å²) in [6.07, 6.45) is 3.85. The molecule has 18 heavy (non-hydrogen) atoms. The first-order valence-electron chi connectivity index (χ1n) is 6.52. The number of rotatable bonds is 4. The lowest BCUT2D eigenvalue weighted by Crippen LogP contribution is -2.40. The third kappa shape index (κ3) is 3.07. The van der Waals surface area contributed by atoms with Crippen molar-refractivity contribution >= 4 is 5.69 Å². The van der Waals surface area contributed by atoms with Crippen LogP contribution in [0.5, 0.6) is 11.5 Å². The van der Waals surface area contributed by atoms with Crippen LogP contribution in [0, 0.1) is 0 Å². The third-order valence-corrected chi connectivity index (χ3v) is 3.64. The second kappa shape index (κ2) is 5.96. The van der Waals surface area contributed by atoms with Crippen LogP contribution >= 0.6 is 0 Å². The predicted octanol–water partition coefficient (Wildman–Crippen LogP) is 2.30. The number of hydrogen-bond acceptors (Lipinski definition) is 4. The van der Waals surface area contributed by atoms with Gasteiger partial charge in [-0.1, -0.05) is 6.42 Å². The highest BCUT2D eigenvalue weighted by molar-refractivity contribution is 5.54. The summed E-state index contributed by atoms with van der Waals surface area (Å²) in [5, 5.41) is 13.1. The van der Waals surface area contributed by atoms with Gasteiger partial charge in [0.15, 0.2) is 11.5 Å². The monoisotopic (exact) mass is 250 g/mol. The predicted molar refractivity (Wildman–Crippen MR) is 73.4 cm³/mol. The van der Waals surface area contributed by atoms with Gasteiger partial charge in [-0.3, -0.25) is 0 Å². The molecule has 100 valence electrons. The molecule has 0 aliphatic carbocycles. The normalized spacial score (nSPS) is 20.7. The fourth-order valence-electron chi connectivity index (χ4n) is 2.44. The average Bonchev–Trinajstić information content (AvgIpc) is 2.38. The van der Waals surface area contributed by atoms with Crippen molar-refractivity contribution in [2.24, 2.45) is 0 Å². The summed E-state index contributed by atoms with van der Waals surface area (Å²) >= 11 is 0. The molecule has 2 N–H and O–H groups in total. The molecule has 0 saturated carbocycles. The minimum atomic E-state index is 0.180. The van der Waals surface area contributed by atoms with E-state index in [1.165, 1.54) is 25.8 Å². The quantitative estimate of drug-likeness (QED) is 0.860. The molecule has 0 amide bonds. The number of phenols is 1. The van der Waals surface area contributed by atoms with E-state index in [9.17, 15) is 5.11 Å². The summed E-state index contributed by atoms with van der Waals surface area (Å²) in [4.78, 5) is 2.40. The molecule has 1 aliphatic heterocycles. The standard InChI is InChI=1S/C14H22N2O2/c1-16-8-4-3-5-12(16)10-15-11-6-7-14(18-2)13(17)9-11/h6-7,9,12,15,17H,3-5,8,10H2,1-2H3. The smallest absolute Gasteiger partial charge is 0.160 e. The van der Waals surface area contributed by atoms with Crippen molar-refractivity contribution in [3.8, 4) is 11.5 Å². The van der Waals surface area contributed by atoms with Crippen LogP contribution in [0.15, 0.2) is 18.2 Å². The number of likely N-dealkylation sites (N-methyl/N-ethyl adjacent to an activating group) is 1. The maximum absolute atomic E-state index is 9.70. The number of phenolic OH excluding ortho intramolecular Hbond substituents is 1. The fraction of sp³-hybridized carbons (Fsp3) is 0.571. The van der Waals surface area contributed by atoms with Gasteiger partial charge in [0.05, 0.1) is 7.11 Å². The number of likely N-dealkylation sites (tertiary alicyclic amines) is 1. The Labute approximate surface area is 109 Å². The van der Waals surface area contributed by atoms with E-state index in [0.29, 0.717) is 11.8 Å². The molecule has 1 atom stereocenters. The topological polar surface area (TPSA) is 44.7 Å². The first-order valence-corrected chi connectivity index (χ1v) is 6.52. The Kier molecular flexibility index (Phi) is 4.31. The first kappa shape index (κ1) is 13.0. The van der Waals surface area contributed by atoms with Gasteiger partial charge in [0, 0.05) is 24.3 Å². The second-order valence-corrected chi connectivity index (χ2v) is 4.90. The van der Waals surface area contributed by atoms with Gasteiger partial charge in [-0.25, -0.2) is 0 Å². The van der Waals surface area contributed by atoms with Gasteiger partial charge in [-0.15, -0.1) is 0 Å². The number of ether oxygens (including phenoxy) is 1. The Morgan fingerprint density at radius 3 is 2.94 bits per heavy atom. The van der Waals surface area contributed by atoms with Gasteiger partial charge in [-0.05, 0) is 38.6 Å². The van der Waals surface area contributed by atoms with Crippen LogP contribution in [0.25, 0.3) is 0 Å². The zero-order valence-electron chi connectivity index (χ0n) is 11.1. The highest BCUT2D eigenvalue weighted by Crippen LogP contribution is 2.28. The molecule has 2 rings (SSSR count). The fourth-order valence-corrected chi connectivity index (χ4v) is 2.44. The van der Waals surface area contributed by atoms with Crippen molar-refractivity contribution in [2.75, 3.05) is 32.6 Å². The number of hydrogen-bond donors (Lipinski definition) is 2. The second-order valence-electron chi connectivity index (χ2n) is 4.90. The SMILES string of the molecule is COc1ccc(NCC2CCCCN2C)cc1O. The van der Waals surface area contributed by atoms with Crippen LogP contribution in [0.4, 0.5) is 5.69 Å². The van der Waals surface area contributed by atoms with Crippen LogP contribution in [0.2, 0.25) is 0 Å². The van der Waals surface area contributed by atoms with Crippen LogP contribution in [0.3, 0.4) is 0 Å². The van der Waals surface area contributed by atoms with E-state index in [1.54, 1.807) is 19.2 Å². The van der Waals surface area contributed by atoms with E-state index in [2.05, 4.69) is 17.3 Å². The minimum Gasteiger partial charge on any atom is -0.504 e. The van der Waals surface area contributed by atoms with Crippen molar-refractivity contribution in [2.45, 2.75) is 25.3 Å². The number of benzene rings is 1. The molecule has 0 radical (unpaired) electrons. The minimum absolute atomic E-state index is 0.180. The summed E-state index contributed by atoms with van der Waals surface area (Å²) < 4.78 is 5.03. The maximum atomic E-state index is 9.70. The van der Waals surface area contributed by atoms with E-state index in [0.717, 1.165) is 12.2 Å². The Morgan fingerprint density at radius 2 is 2.28 bits per heavy atom. The summed E-state index contributed by atoms with van der Waals surface area (Å²) in [5.74, 6) is 0.690. The third-order valence-electron chi connectivity index (χ3n) is 3.64. The number of methoxy groups -OCH3 is 1.